The van der Waals surface area contributed by atoms with Gasteiger partial charge in [0.15, 0.2) is 0 Å². The fourth-order valence-corrected chi connectivity index (χ4v) is 3.57. The molecule has 0 saturated carbocycles. The summed E-state index contributed by atoms with van der Waals surface area (Å²) in [6.07, 6.45) is 8.46. The van der Waals surface area contributed by atoms with Crippen LogP contribution in [0.5, 0.6) is 0 Å². The molecule has 0 radical (unpaired) electrons. The summed E-state index contributed by atoms with van der Waals surface area (Å²) >= 11 is 0. The van der Waals surface area contributed by atoms with Crippen molar-refractivity contribution in [1.82, 2.24) is 15.1 Å². The number of hydrogen-bond donors (Lipinski definition) is 1. The summed E-state index contributed by atoms with van der Waals surface area (Å²) in [6.45, 7) is 6.54. The molecule has 4 heteroatoms. The molecule has 0 unspecified atom stereocenters. The number of rotatable bonds is 6. The maximum atomic E-state index is 12.1. The van der Waals surface area contributed by atoms with Gasteiger partial charge in [-0.1, -0.05) is 42.5 Å². The Balaban J connectivity index is 1.33. The Morgan fingerprint density at radius 3 is 2.50 bits per heavy atom. The Morgan fingerprint density at radius 1 is 1.04 bits per heavy atom. The van der Waals surface area contributed by atoms with E-state index in [1.807, 2.05) is 30.3 Å². The van der Waals surface area contributed by atoms with Crippen molar-refractivity contribution in [3.63, 3.8) is 0 Å². The first-order chi connectivity index (χ1) is 11.8. The van der Waals surface area contributed by atoms with Crippen LogP contribution < -0.4 is 5.32 Å². The molecule has 1 N–H and O–H groups in total. The maximum absolute atomic E-state index is 12.1. The van der Waals surface area contributed by atoms with Gasteiger partial charge in [0.1, 0.15) is 0 Å². The summed E-state index contributed by atoms with van der Waals surface area (Å²) in [7, 11) is 0. The van der Waals surface area contributed by atoms with Crippen LogP contribution in [0.1, 0.15) is 24.8 Å². The monoisotopic (exact) mass is 327 g/mol. The van der Waals surface area contributed by atoms with E-state index in [4.69, 9.17) is 0 Å². The molecule has 1 amide bonds. The molecule has 3 rings (SSSR count). The number of nitrogens with one attached hydrogen (secondary N) is 1. The van der Waals surface area contributed by atoms with Crippen LogP contribution in [-0.2, 0) is 11.3 Å². The molecule has 2 aliphatic rings. The number of piperazine rings is 1. The third-order valence-electron chi connectivity index (χ3n) is 5.06. The van der Waals surface area contributed by atoms with Gasteiger partial charge in [0.2, 0.25) is 5.91 Å². The van der Waals surface area contributed by atoms with Crippen molar-refractivity contribution in [2.75, 3.05) is 39.3 Å². The molecule has 1 aromatic rings. The Bertz CT molecular complexity index is 535. The van der Waals surface area contributed by atoms with Gasteiger partial charge in [-0.15, -0.1) is 0 Å². The molecule has 1 atom stereocenters. The van der Waals surface area contributed by atoms with Crippen LogP contribution in [-0.4, -0.2) is 55.0 Å². The smallest absolute Gasteiger partial charge is 0.234 e. The second kappa shape index (κ2) is 9.00. The molecule has 1 heterocycles. The van der Waals surface area contributed by atoms with E-state index in [1.54, 1.807) is 0 Å². The van der Waals surface area contributed by atoms with Gasteiger partial charge in [-0.3, -0.25) is 9.69 Å². The predicted octanol–water partition coefficient (Wildman–Crippen LogP) is 2.28. The molecule has 130 valence electrons. The summed E-state index contributed by atoms with van der Waals surface area (Å²) < 4.78 is 0. The van der Waals surface area contributed by atoms with Crippen molar-refractivity contribution < 1.29 is 4.79 Å². The van der Waals surface area contributed by atoms with Crippen LogP contribution in [0.15, 0.2) is 42.5 Å². The van der Waals surface area contributed by atoms with Crippen LogP contribution in [0.4, 0.5) is 0 Å². The van der Waals surface area contributed by atoms with E-state index in [1.165, 1.54) is 25.8 Å². The van der Waals surface area contributed by atoms with Gasteiger partial charge in [-0.2, -0.15) is 0 Å². The molecular weight excluding hydrogens is 298 g/mol. The summed E-state index contributed by atoms with van der Waals surface area (Å²) in [5, 5.41) is 3.02. The molecule has 1 aromatic carbocycles. The fraction of sp³-hybridized carbons (Fsp3) is 0.550. The molecule has 0 spiro atoms. The molecule has 24 heavy (non-hydrogen) atoms. The normalized spacial score (nSPS) is 22.4. The minimum absolute atomic E-state index is 0.129. The van der Waals surface area contributed by atoms with Gasteiger partial charge < -0.3 is 10.2 Å². The quantitative estimate of drug-likeness (QED) is 0.814. The maximum Gasteiger partial charge on any atom is 0.234 e. The number of carbonyl (C=O) groups excluding carboxylic acids is 1. The Kier molecular flexibility index (Phi) is 6.44. The van der Waals surface area contributed by atoms with Crippen molar-refractivity contribution in [2.45, 2.75) is 25.8 Å². The number of nitrogens with zero attached hydrogens (tertiary/aromatic N) is 2. The minimum Gasteiger partial charge on any atom is -0.351 e. The van der Waals surface area contributed by atoms with Crippen molar-refractivity contribution in [1.29, 1.82) is 0 Å². The number of benzene rings is 1. The first-order valence-electron chi connectivity index (χ1n) is 9.20. The lowest BCUT2D eigenvalue weighted by Crippen LogP contribution is -2.50. The van der Waals surface area contributed by atoms with Crippen LogP contribution in [0.2, 0.25) is 0 Å². The van der Waals surface area contributed by atoms with E-state index in [9.17, 15) is 4.79 Å². The molecule has 0 bridgehead atoms. The zero-order chi connectivity index (χ0) is 16.6. The lowest BCUT2D eigenvalue weighted by molar-refractivity contribution is -0.122. The third-order valence-corrected chi connectivity index (χ3v) is 5.06. The van der Waals surface area contributed by atoms with Crippen LogP contribution in [0.25, 0.3) is 0 Å². The van der Waals surface area contributed by atoms with Gasteiger partial charge in [0.25, 0.3) is 0 Å². The molecule has 0 aromatic heterocycles. The highest BCUT2D eigenvalue weighted by Gasteiger charge is 2.21. The van der Waals surface area contributed by atoms with Gasteiger partial charge in [0.05, 0.1) is 6.54 Å². The first kappa shape index (κ1) is 17.2. The fourth-order valence-electron chi connectivity index (χ4n) is 3.57. The van der Waals surface area contributed by atoms with E-state index in [2.05, 4.69) is 27.3 Å². The lowest BCUT2D eigenvalue weighted by Gasteiger charge is -2.36. The van der Waals surface area contributed by atoms with Gasteiger partial charge in [-0.25, -0.2) is 0 Å². The Labute approximate surface area is 145 Å². The minimum atomic E-state index is 0.129. The molecular formula is C20H29N3O. The molecule has 1 fully saturated rings. The number of carbonyl (C=O) groups is 1. The van der Waals surface area contributed by atoms with Crippen molar-refractivity contribution in [3.05, 3.63) is 48.0 Å². The molecule has 1 aliphatic carbocycles. The van der Waals surface area contributed by atoms with E-state index in [0.29, 0.717) is 13.1 Å². The number of hydrogen-bond acceptors (Lipinski definition) is 3. The summed E-state index contributed by atoms with van der Waals surface area (Å²) in [5.41, 5.74) is 1.15. The van der Waals surface area contributed by atoms with Gasteiger partial charge in [0, 0.05) is 39.3 Å². The van der Waals surface area contributed by atoms with Crippen molar-refractivity contribution >= 4 is 5.91 Å². The Morgan fingerprint density at radius 2 is 1.79 bits per heavy atom. The highest BCUT2D eigenvalue weighted by atomic mass is 16.2. The summed E-state index contributed by atoms with van der Waals surface area (Å²) in [4.78, 5) is 17.0. The lowest BCUT2D eigenvalue weighted by atomic mass is 9.94. The average molecular weight is 327 g/mol. The van der Waals surface area contributed by atoms with Crippen LogP contribution in [0.3, 0.4) is 0 Å². The van der Waals surface area contributed by atoms with E-state index in [-0.39, 0.29) is 5.91 Å². The van der Waals surface area contributed by atoms with Crippen LogP contribution in [0, 0.1) is 5.92 Å². The molecule has 1 aliphatic heterocycles. The summed E-state index contributed by atoms with van der Waals surface area (Å²) in [5.74, 6) is 0.959. The standard InChI is InChI=1S/C20H29N3O/c24-20(21-15-18-7-3-1-4-8-18)17-23-13-11-22(12-14-23)16-19-9-5-2-6-10-19/h1-5,7-8,19H,6,9-17H2,(H,21,24)/t19-/m0/s1. The third kappa shape index (κ3) is 5.46. The van der Waals surface area contributed by atoms with E-state index < -0.39 is 0 Å². The second-order valence-electron chi connectivity index (χ2n) is 6.99. The zero-order valence-electron chi connectivity index (χ0n) is 14.5. The van der Waals surface area contributed by atoms with Crippen molar-refractivity contribution in [3.8, 4) is 0 Å². The van der Waals surface area contributed by atoms with Crippen LogP contribution >= 0.6 is 0 Å². The Hall–Kier alpha value is -1.65. The topological polar surface area (TPSA) is 35.6 Å². The van der Waals surface area contributed by atoms with Gasteiger partial charge >= 0.3 is 0 Å². The molecule has 4 nitrogen and oxygen atoms in total. The number of allylic oxidation sites excluding steroid dienone is 2. The van der Waals surface area contributed by atoms with E-state index >= 15 is 0 Å². The van der Waals surface area contributed by atoms with Crippen molar-refractivity contribution in [2.24, 2.45) is 5.92 Å². The molecule has 1 saturated heterocycles. The van der Waals surface area contributed by atoms with E-state index in [0.717, 1.165) is 37.7 Å². The van der Waals surface area contributed by atoms with Gasteiger partial charge in [-0.05, 0) is 30.7 Å². The predicted molar refractivity (Wildman–Crippen MR) is 97.6 cm³/mol. The first-order valence-corrected chi connectivity index (χ1v) is 9.20. The largest absolute Gasteiger partial charge is 0.351 e. The SMILES string of the molecule is O=C(CN1CCN(C[C@H]2CC=CCC2)CC1)NCc1ccccc1. The number of amides is 1. The highest BCUT2D eigenvalue weighted by Crippen LogP contribution is 2.19. The highest BCUT2D eigenvalue weighted by molar-refractivity contribution is 5.78. The zero-order valence-corrected chi connectivity index (χ0v) is 14.5. The summed E-state index contributed by atoms with van der Waals surface area (Å²) in [6, 6.07) is 10.1. The average Bonchev–Trinajstić information content (AvgIpc) is 2.63. The second-order valence-corrected chi connectivity index (χ2v) is 6.99.